The van der Waals surface area contributed by atoms with E-state index < -0.39 is 0 Å². The number of rotatable bonds is 2. The molecule has 254 valence electrons. The first kappa shape index (κ1) is 35.7. The van der Waals surface area contributed by atoms with E-state index in [9.17, 15) is 0 Å². The Kier molecular flexibility index (Phi) is 11.1. The third kappa shape index (κ3) is 7.22. The molecule has 0 atom stereocenters. The SMILES string of the molecule is [Au].[Au].[C-]#Cc1ccc2c(c1)-c1ccccc1C2.[C-]#Cc1ccc2c(c1)-c1ccccc1C2.[c-]1nc2ccccc2n1Cn1[c-]nc2ccccc21. The molecular formula is C45H28Au2N4-4. The molecule has 0 N–H and O–H groups in total. The van der Waals surface area contributed by atoms with Crippen molar-refractivity contribution < 1.29 is 44.8 Å². The van der Waals surface area contributed by atoms with Crippen molar-refractivity contribution in [2.45, 2.75) is 19.5 Å². The molecule has 0 amide bonds. The summed E-state index contributed by atoms with van der Waals surface area (Å²) >= 11 is 0. The van der Waals surface area contributed by atoms with Crippen LogP contribution in [-0.4, -0.2) is 19.1 Å². The van der Waals surface area contributed by atoms with E-state index in [1.807, 2.05) is 81.9 Å². The van der Waals surface area contributed by atoms with Gasteiger partial charge in [0.05, 0.1) is 6.67 Å². The fourth-order valence-corrected chi connectivity index (χ4v) is 6.67. The zero-order valence-corrected chi connectivity index (χ0v) is 31.5. The van der Waals surface area contributed by atoms with Crippen molar-refractivity contribution in [2.75, 3.05) is 0 Å². The molecule has 8 aromatic rings. The van der Waals surface area contributed by atoms with Gasteiger partial charge in [-0.1, -0.05) is 107 Å². The van der Waals surface area contributed by atoms with Gasteiger partial charge in [0.1, 0.15) is 0 Å². The molecule has 0 aliphatic heterocycles. The van der Waals surface area contributed by atoms with Crippen LogP contribution in [0.15, 0.2) is 133 Å². The second-order valence-electron chi connectivity index (χ2n) is 12.1. The average molecular weight is 1020 g/mol. The normalized spacial score (nSPS) is 11.1. The third-order valence-corrected chi connectivity index (χ3v) is 9.10. The van der Waals surface area contributed by atoms with E-state index in [2.05, 4.69) is 95.1 Å². The molecule has 0 saturated carbocycles. The molecule has 0 bridgehead atoms. The molecule has 2 aliphatic rings. The van der Waals surface area contributed by atoms with E-state index >= 15 is 0 Å². The molecule has 0 fully saturated rings. The molecule has 0 spiro atoms. The summed E-state index contributed by atoms with van der Waals surface area (Å²) in [5.41, 5.74) is 16.4. The number of nitrogens with zero attached hydrogens (tertiary/aromatic N) is 4. The van der Waals surface area contributed by atoms with Crippen LogP contribution < -0.4 is 0 Å². The van der Waals surface area contributed by atoms with Gasteiger partial charge in [-0.25, -0.2) is 0 Å². The molecular weight excluding hydrogens is 990 g/mol. The van der Waals surface area contributed by atoms with Gasteiger partial charge in [0.25, 0.3) is 0 Å². The number of para-hydroxylation sites is 4. The number of benzene rings is 6. The fourth-order valence-electron chi connectivity index (χ4n) is 6.67. The van der Waals surface area contributed by atoms with Gasteiger partial charge in [0.15, 0.2) is 0 Å². The second-order valence-corrected chi connectivity index (χ2v) is 12.1. The minimum absolute atomic E-state index is 0. The first-order valence-electron chi connectivity index (χ1n) is 16.1. The monoisotopic (exact) mass is 1020 g/mol. The Bertz CT molecular complexity index is 2400. The van der Waals surface area contributed by atoms with Gasteiger partial charge in [-0.2, -0.15) is 0 Å². The Hall–Kier alpha value is -5.14. The zero-order chi connectivity index (χ0) is 33.2. The van der Waals surface area contributed by atoms with E-state index in [1.54, 1.807) is 0 Å². The molecule has 0 unspecified atom stereocenters. The topological polar surface area (TPSA) is 35.6 Å². The summed E-state index contributed by atoms with van der Waals surface area (Å²) in [6, 6.07) is 45.1. The fraction of sp³-hybridized carbons (Fsp3) is 0.0667. The summed E-state index contributed by atoms with van der Waals surface area (Å²) < 4.78 is 3.94. The molecule has 4 nitrogen and oxygen atoms in total. The second kappa shape index (κ2) is 15.8. The maximum atomic E-state index is 7.14. The van der Waals surface area contributed by atoms with Crippen LogP contribution in [-0.2, 0) is 64.3 Å². The molecule has 2 aliphatic carbocycles. The minimum Gasteiger partial charge on any atom is -0.432 e. The Morgan fingerprint density at radius 1 is 0.490 bits per heavy atom. The molecule has 10 rings (SSSR count). The predicted molar refractivity (Wildman–Crippen MR) is 194 cm³/mol. The van der Waals surface area contributed by atoms with Crippen LogP contribution in [0.3, 0.4) is 0 Å². The van der Waals surface area contributed by atoms with Crippen LogP contribution in [0.1, 0.15) is 33.4 Å². The van der Waals surface area contributed by atoms with Crippen molar-refractivity contribution in [1.82, 2.24) is 19.1 Å². The van der Waals surface area contributed by atoms with Gasteiger partial charge in [0, 0.05) is 57.4 Å². The van der Waals surface area contributed by atoms with Gasteiger partial charge in [-0.15, -0.1) is 59.7 Å². The molecule has 2 radical (unpaired) electrons. The summed E-state index contributed by atoms with van der Waals surface area (Å²) in [6.45, 7) is 0.612. The maximum absolute atomic E-state index is 7.14. The van der Waals surface area contributed by atoms with E-state index in [0.29, 0.717) is 6.67 Å². The van der Waals surface area contributed by atoms with Gasteiger partial charge >= 0.3 is 0 Å². The van der Waals surface area contributed by atoms with Crippen LogP contribution in [0.2, 0.25) is 0 Å². The van der Waals surface area contributed by atoms with Gasteiger partial charge in [-0.3, -0.25) is 11.8 Å². The van der Waals surface area contributed by atoms with Gasteiger partial charge in [-0.05, 0) is 57.3 Å². The Morgan fingerprint density at radius 3 is 1.33 bits per heavy atom. The number of hydrogen-bond acceptors (Lipinski definition) is 2. The van der Waals surface area contributed by atoms with Crippen molar-refractivity contribution in [3.63, 3.8) is 0 Å². The van der Waals surface area contributed by atoms with Crippen molar-refractivity contribution in [3.8, 4) is 34.1 Å². The summed E-state index contributed by atoms with van der Waals surface area (Å²) in [4.78, 5) is 8.54. The molecule has 6 heteroatoms. The van der Waals surface area contributed by atoms with Crippen LogP contribution >= 0.6 is 0 Å². The van der Waals surface area contributed by atoms with E-state index in [0.717, 1.165) is 46.0 Å². The number of aromatic nitrogens is 4. The van der Waals surface area contributed by atoms with Crippen LogP contribution in [0.5, 0.6) is 0 Å². The molecule has 2 aromatic heterocycles. The van der Waals surface area contributed by atoms with Crippen LogP contribution in [0, 0.1) is 37.3 Å². The van der Waals surface area contributed by atoms with Crippen LogP contribution in [0.25, 0.3) is 44.3 Å². The number of fused-ring (bicyclic) bond motifs is 8. The largest absolute Gasteiger partial charge is 0.432 e. The molecule has 6 aromatic carbocycles. The summed E-state index contributed by atoms with van der Waals surface area (Å²) in [6.07, 6.45) is 22.3. The van der Waals surface area contributed by atoms with E-state index in [4.69, 9.17) is 12.8 Å². The van der Waals surface area contributed by atoms with Crippen molar-refractivity contribution in [2.24, 2.45) is 0 Å². The standard InChI is InChI=1S/C15H10N4.2C15H9.2Au/c1-3-7-14-12(5-1)16-9-18(14)11-19-10-17-13-6-2-4-8-15(13)19;2*1-2-11-7-8-13-10-12-5-3-4-6-14(12)15(13)9-11;;/h1-8H,11H2;2*3-9H,10H2;;/q-2;2*-1;;. The summed E-state index contributed by atoms with van der Waals surface area (Å²) in [5.74, 6) is 4.87. The first-order valence-corrected chi connectivity index (χ1v) is 16.1. The Labute approximate surface area is 329 Å². The molecule has 51 heavy (non-hydrogen) atoms. The van der Waals surface area contributed by atoms with Gasteiger partial charge in [0.2, 0.25) is 0 Å². The number of hydrogen-bond donors (Lipinski definition) is 0. The van der Waals surface area contributed by atoms with Crippen molar-refractivity contribution >= 4 is 22.1 Å². The average Bonchev–Trinajstić information content (AvgIpc) is 3.95. The number of imidazole rings is 2. The maximum Gasteiger partial charge on any atom is 0.0563 e. The molecule has 2 heterocycles. The quantitative estimate of drug-likeness (QED) is 0.0987. The minimum atomic E-state index is 0. The smallest absolute Gasteiger partial charge is 0.0563 e. The summed E-state index contributed by atoms with van der Waals surface area (Å²) in [7, 11) is 0. The Morgan fingerprint density at radius 2 is 0.882 bits per heavy atom. The van der Waals surface area contributed by atoms with Gasteiger partial charge < -0.3 is 31.9 Å². The predicted octanol–water partition coefficient (Wildman–Crippen LogP) is 8.88. The Balaban J connectivity index is 0.000000131. The zero-order valence-electron chi connectivity index (χ0n) is 27.2. The molecule has 0 saturated heterocycles. The first-order chi connectivity index (χ1) is 24.2. The van der Waals surface area contributed by atoms with E-state index in [-0.39, 0.29) is 44.8 Å². The van der Waals surface area contributed by atoms with Crippen molar-refractivity contribution in [3.05, 3.63) is 192 Å². The van der Waals surface area contributed by atoms with Crippen molar-refractivity contribution in [1.29, 1.82) is 0 Å². The summed E-state index contributed by atoms with van der Waals surface area (Å²) in [5, 5.41) is 0. The third-order valence-electron chi connectivity index (χ3n) is 9.10. The van der Waals surface area contributed by atoms with E-state index in [1.165, 1.54) is 44.5 Å². The van der Waals surface area contributed by atoms with Crippen LogP contribution in [0.4, 0.5) is 0 Å².